The lowest BCUT2D eigenvalue weighted by Gasteiger charge is -2.31. The summed E-state index contributed by atoms with van der Waals surface area (Å²) in [4.78, 5) is 19.1. The van der Waals surface area contributed by atoms with E-state index in [-0.39, 0.29) is 5.91 Å². The second-order valence-electron chi connectivity index (χ2n) is 6.87. The van der Waals surface area contributed by atoms with Gasteiger partial charge >= 0.3 is 0 Å². The minimum Gasteiger partial charge on any atom is -0.365 e. The molecule has 3 rings (SSSR count). The van der Waals surface area contributed by atoms with E-state index in [1.165, 1.54) is 12.8 Å². The van der Waals surface area contributed by atoms with Gasteiger partial charge in [-0.3, -0.25) is 4.79 Å². The molecule has 1 aliphatic rings. The van der Waals surface area contributed by atoms with Crippen LogP contribution in [0.15, 0.2) is 34.9 Å². The van der Waals surface area contributed by atoms with Crippen LogP contribution in [-0.2, 0) is 10.3 Å². The summed E-state index contributed by atoms with van der Waals surface area (Å²) < 4.78 is 5.19. The molecule has 1 aromatic heterocycles. The first-order chi connectivity index (χ1) is 12.1. The van der Waals surface area contributed by atoms with Gasteiger partial charge in [-0.2, -0.15) is 4.98 Å². The van der Waals surface area contributed by atoms with Crippen LogP contribution in [0.25, 0.3) is 0 Å². The molecule has 0 radical (unpaired) electrons. The van der Waals surface area contributed by atoms with Crippen molar-refractivity contribution in [1.82, 2.24) is 15.5 Å². The number of carbonyl (C=O) groups is 1. The highest BCUT2D eigenvalue weighted by Gasteiger charge is 2.38. The van der Waals surface area contributed by atoms with Crippen LogP contribution in [0.4, 0.5) is 5.69 Å². The highest BCUT2D eigenvalue weighted by molar-refractivity contribution is 5.82. The normalized spacial score (nSPS) is 16.9. The van der Waals surface area contributed by atoms with Crippen LogP contribution >= 0.6 is 0 Å². The van der Waals surface area contributed by atoms with E-state index in [1.807, 2.05) is 42.3 Å². The molecular weight excluding hydrogens is 316 g/mol. The van der Waals surface area contributed by atoms with E-state index in [0.29, 0.717) is 18.3 Å². The van der Waals surface area contributed by atoms with Crippen molar-refractivity contribution in [2.24, 2.45) is 0 Å². The maximum atomic E-state index is 12.8. The molecule has 1 saturated carbocycles. The van der Waals surface area contributed by atoms with Crippen LogP contribution in [0.1, 0.15) is 50.2 Å². The van der Waals surface area contributed by atoms with Crippen molar-refractivity contribution < 1.29 is 9.32 Å². The number of aryl methyl sites for hydroxylation is 1. The fourth-order valence-electron chi connectivity index (χ4n) is 3.53. The van der Waals surface area contributed by atoms with Crippen LogP contribution in [0.2, 0.25) is 0 Å². The van der Waals surface area contributed by atoms with Crippen LogP contribution in [0, 0.1) is 6.92 Å². The summed E-state index contributed by atoms with van der Waals surface area (Å²) in [6.45, 7) is 2.08. The first-order valence-electron chi connectivity index (χ1n) is 8.97. The Kier molecular flexibility index (Phi) is 5.36. The zero-order valence-corrected chi connectivity index (χ0v) is 15.0. The first kappa shape index (κ1) is 17.5. The summed E-state index contributed by atoms with van der Waals surface area (Å²) in [6.07, 6.45) is 6.18. The van der Waals surface area contributed by atoms with Crippen molar-refractivity contribution >= 4 is 11.6 Å². The standard InChI is InChI=1S/C19H26N4O2/c1-15-20-18(22-25-15)19(12-8-3-4-9-13-19)21-17(24)14-23(2)16-10-6-5-7-11-16/h5-7,10-11H,3-4,8-9,12-14H2,1-2H3,(H,21,24). The summed E-state index contributed by atoms with van der Waals surface area (Å²) in [6, 6.07) is 9.90. The predicted molar refractivity (Wildman–Crippen MR) is 96.3 cm³/mol. The van der Waals surface area contributed by atoms with Crippen LogP contribution in [0.5, 0.6) is 0 Å². The van der Waals surface area contributed by atoms with Gasteiger partial charge in [0.05, 0.1) is 6.54 Å². The van der Waals surface area contributed by atoms with Crippen molar-refractivity contribution in [3.05, 3.63) is 42.0 Å². The molecule has 134 valence electrons. The lowest BCUT2D eigenvalue weighted by Crippen LogP contribution is -2.49. The van der Waals surface area contributed by atoms with Gasteiger partial charge in [-0.1, -0.05) is 49.0 Å². The zero-order chi connectivity index (χ0) is 17.7. The maximum absolute atomic E-state index is 12.8. The van der Waals surface area contributed by atoms with Gasteiger partial charge in [-0.05, 0) is 25.0 Å². The molecular formula is C19H26N4O2. The molecule has 25 heavy (non-hydrogen) atoms. The molecule has 0 unspecified atom stereocenters. The second-order valence-corrected chi connectivity index (χ2v) is 6.87. The summed E-state index contributed by atoms with van der Waals surface area (Å²) >= 11 is 0. The zero-order valence-electron chi connectivity index (χ0n) is 15.0. The topological polar surface area (TPSA) is 71.3 Å². The molecule has 0 saturated heterocycles. The predicted octanol–water partition coefficient (Wildman–Crippen LogP) is 3.18. The molecule has 0 spiro atoms. The molecule has 1 N–H and O–H groups in total. The molecule has 1 aromatic carbocycles. The van der Waals surface area contributed by atoms with E-state index in [1.54, 1.807) is 6.92 Å². The van der Waals surface area contributed by atoms with E-state index in [9.17, 15) is 4.79 Å². The third-order valence-electron chi connectivity index (χ3n) is 4.87. The SMILES string of the molecule is Cc1nc(C2(NC(=O)CN(C)c3ccccc3)CCCCCC2)no1. The summed E-state index contributed by atoms with van der Waals surface area (Å²) in [5.74, 6) is 1.13. The van der Waals surface area contributed by atoms with Crippen LogP contribution in [0.3, 0.4) is 0 Å². The number of hydrogen-bond acceptors (Lipinski definition) is 5. The van der Waals surface area contributed by atoms with Gasteiger partial charge in [-0.15, -0.1) is 0 Å². The highest BCUT2D eigenvalue weighted by atomic mass is 16.5. The Hall–Kier alpha value is -2.37. The van der Waals surface area contributed by atoms with Gasteiger partial charge < -0.3 is 14.7 Å². The lowest BCUT2D eigenvalue weighted by atomic mass is 9.89. The molecule has 0 aliphatic heterocycles. The molecule has 1 fully saturated rings. The molecule has 1 heterocycles. The van der Waals surface area contributed by atoms with Crippen LogP contribution in [-0.4, -0.2) is 29.6 Å². The molecule has 6 heteroatoms. The van der Waals surface area contributed by atoms with Gasteiger partial charge in [0.25, 0.3) is 0 Å². The number of hydrogen-bond donors (Lipinski definition) is 1. The molecule has 2 aromatic rings. The summed E-state index contributed by atoms with van der Waals surface area (Å²) in [5, 5.41) is 7.37. The average Bonchev–Trinajstić information content (AvgIpc) is 2.91. The van der Waals surface area contributed by atoms with Crippen molar-refractivity contribution in [2.45, 2.75) is 51.0 Å². The van der Waals surface area contributed by atoms with Crippen molar-refractivity contribution in [3.63, 3.8) is 0 Å². The van der Waals surface area contributed by atoms with Gasteiger partial charge in [-0.25, -0.2) is 0 Å². The summed E-state index contributed by atoms with van der Waals surface area (Å²) in [5.41, 5.74) is 0.506. The Morgan fingerprint density at radius 1 is 1.20 bits per heavy atom. The summed E-state index contributed by atoms with van der Waals surface area (Å²) in [7, 11) is 1.92. The van der Waals surface area contributed by atoms with Crippen molar-refractivity contribution in [2.75, 3.05) is 18.5 Å². The molecule has 0 bridgehead atoms. The van der Waals surface area contributed by atoms with Gasteiger partial charge in [0, 0.05) is 19.7 Å². The number of benzene rings is 1. The molecule has 1 aliphatic carbocycles. The number of amides is 1. The minimum absolute atomic E-state index is 0.0179. The number of carbonyl (C=O) groups excluding carboxylic acids is 1. The number of likely N-dealkylation sites (N-methyl/N-ethyl adjacent to an activating group) is 1. The lowest BCUT2D eigenvalue weighted by molar-refractivity contribution is -0.122. The van der Waals surface area contributed by atoms with E-state index >= 15 is 0 Å². The minimum atomic E-state index is -0.511. The number of para-hydroxylation sites is 1. The maximum Gasteiger partial charge on any atom is 0.240 e. The number of anilines is 1. The van der Waals surface area contributed by atoms with Crippen LogP contribution < -0.4 is 10.2 Å². The third-order valence-corrected chi connectivity index (χ3v) is 4.87. The Balaban J connectivity index is 1.74. The number of nitrogens with zero attached hydrogens (tertiary/aromatic N) is 3. The molecule has 1 amide bonds. The molecule has 6 nitrogen and oxygen atoms in total. The Bertz CT molecular complexity index is 690. The van der Waals surface area contributed by atoms with E-state index in [4.69, 9.17) is 4.52 Å². The largest absolute Gasteiger partial charge is 0.365 e. The fourth-order valence-corrected chi connectivity index (χ4v) is 3.53. The van der Waals surface area contributed by atoms with E-state index in [0.717, 1.165) is 31.4 Å². The number of rotatable bonds is 5. The highest BCUT2D eigenvalue weighted by Crippen LogP contribution is 2.34. The van der Waals surface area contributed by atoms with Gasteiger partial charge in [0.15, 0.2) is 5.82 Å². The average molecular weight is 342 g/mol. The van der Waals surface area contributed by atoms with E-state index in [2.05, 4.69) is 15.5 Å². The Morgan fingerprint density at radius 2 is 1.88 bits per heavy atom. The quantitative estimate of drug-likeness (QED) is 0.845. The number of aromatic nitrogens is 2. The monoisotopic (exact) mass is 342 g/mol. The van der Waals surface area contributed by atoms with Gasteiger partial charge in [0.2, 0.25) is 11.8 Å². The Labute approximate surface area is 148 Å². The van der Waals surface area contributed by atoms with Crippen molar-refractivity contribution in [1.29, 1.82) is 0 Å². The van der Waals surface area contributed by atoms with Crippen molar-refractivity contribution in [3.8, 4) is 0 Å². The van der Waals surface area contributed by atoms with E-state index < -0.39 is 5.54 Å². The first-order valence-corrected chi connectivity index (χ1v) is 8.97. The molecule has 0 atom stereocenters. The smallest absolute Gasteiger partial charge is 0.240 e. The van der Waals surface area contributed by atoms with Gasteiger partial charge in [0.1, 0.15) is 5.54 Å². The Morgan fingerprint density at radius 3 is 2.48 bits per heavy atom. The fraction of sp³-hybridized carbons (Fsp3) is 0.526. The second kappa shape index (κ2) is 7.68. The third kappa shape index (κ3) is 4.18. The number of nitrogens with one attached hydrogen (secondary N) is 1.